The Morgan fingerprint density at radius 3 is 2.76 bits per heavy atom. The van der Waals surface area contributed by atoms with E-state index in [2.05, 4.69) is 5.32 Å². The molecule has 0 saturated heterocycles. The van der Waals surface area contributed by atoms with Crippen LogP contribution in [0.2, 0.25) is 0 Å². The zero-order valence-electron chi connectivity index (χ0n) is 12.0. The fraction of sp³-hybridized carbons (Fsp3) is 0.500. The maximum Gasteiger partial charge on any atom is 0.326 e. The van der Waals surface area contributed by atoms with Gasteiger partial charge in [-0.2, -0.15) is 0 Å². The first-order valence-corrected chi connectivity index (χ1v) is 6.73. The van der Waals surface area contributed by atoms with Gasteiger partial charge in [0.15, 0.2) is 0 Å². The lowest BCUT2D eigenvalue weighted by atomic mass is 10.2. The number of nitro benzene ring substituents is 1. The first-order valence-electron chi connectivity index (χ1n) is 6.73. The molecule has 1 aromatic carbocycles. The van der Waals surface area contributed by atoms with Crippen molar-refractivity contribution in [3.8, 4) is 5.75 Å². The second kappa shape index (κ2) is 6.53. The molecule has 0 bridgehead atoms. The molecule has 7 heteroatoms. The first-order chi connectivity index (χ1) is 10.0. The SMILES string of the molecule is COC(=O)C(COc1ccc([N+](=O)[O-])cc1C)NC1CC1. The summed E-state index contributed by atoms with van der Waals surface area (Å²) >= 11 is 0. The van der Waals surface area contributed by atoms with Crippen molar-refractivity contribution in [1.82, 2.24) is 5.32 Å². The minimum absolute atomic E-state index is 0.0143. The average Bonchev–Trinajstić information content (AvgIpc) is 3.27. The summed E-state index contributed by atoms with van der Waals surface area (Å²) in [5, 5.41) is 13.8. The number of hydrogen-bond donors (Lipinski definition) is 1. The topological polar surface area (TPSA) is 90.7 Å². The monoisotopic (exact) mass is 294 g/mol. The second-order valence-corrected chi connectivity index (χ2v) is 5.03. The maximum absolute atomic E-state index is 11.7. The number of non-ortho nitro benzene ring substituents is 1. The number of rotatable bonds is 7. The molecule has 0 aliphatic heterocycles. The summed E-state index contributed by atoms with van der Waals surface area (Å²) in [7, 11) is 1.33. The van der Waals surface area contributed by atoms with E-state index in [0.29, 0.717) is 17.4 Å². The molecular formula is C14H18N2O5. The van der Waals surface area contributed by atoms with E-state index < -0.39 is 11.0 Å². The molecule has 0 amide bonds. The largest absolute Gasteiger partial charge is 0.491 e. The van der Waals surface area contributed by atoms with Crippen LogP contribution in [0.5, 0.6) is 5.75 Å². The van der Waals surface area contributed by atoms with Crippen LogP contribution in [0, 0.1) is 17.0 Å². The van der Waals surface area contributed by atoms with Gasteiger partial charge in [0, 0.05) is 18.2 Å². The third kappa shape index (κ3) is 4.16. The molecule has 1 unspecified atom stereocenters. The van der Waals surface area contributed by atoms with Crippen LogP contribution in [-0.4, -0.2) is 36.7 Å². The van der Waals surface area contributed by atoms with Gasteiger partial charge in [0.2, 0.25) is 0 Å². The molecule has 1 fully saturated rings. The number of aryl methyl sites for hydroxylation is 1. The Labute approximate surface area is 122 Å². The molecule has 1 N–H and O–H groups in total. The number of nitrogens with one attached hydrogen (secondary N) is 1. The van der Waals surface area contributed by atoms with Crippen molar-refractivity contribution < 1.29 is 19.2 Å². The summed E-state index contributed by atoms with van der Waals surface area (Å²) < 4.78 is 10.3. The van der Waals surface area contributed by atoms with Gasteiger partial charge in [0.25, 0.3) is 5.69 Å². The summed E-state index contributed by atoms with van der Waals surface area (Å²) in [6, 6.07) is 4.17. The van der Waals surface area contributed by atoms with Crippen LogP contribution in [0.1, 0.15) is 18.4 Å². The van der Waals surface area contributed by atoms with Crippen LogP contribution in [0.3, 0.4) is 0 Å². The van der Waals surface area contributed by atoms with Crippen LogP contribution < -0.4 is 10.1 Å². The van der Waals surface area contributed by atoms with Gasteiger partial charge >= 0.3 is 5.97 Å². The lowest BCUT2D eigenvalue weighted by Crippen LogP contribution is -2.43. The highest BCUT2D eigenvalue weighted by Crippen LogP contribution is 2.24. The average molecular weight is 294 g/mol. The molecule has 1 aromatic rings. The third-order valence-corrected chi connectivity index (χ3v) is 3.27. The van der Waals surface area contributed by atoms with E-state index in [0.717, 1.165) is 12.8 Å². The number of hydrogen-bond acceptors (Lipinski definition) is 6. The summed E-state index contributed by atoms with van der Waals surface area (Å²) in [5.74, 6) is 0.147. The first kappa shape index (κ1) is 15.2. The van der Waals surface area contributed by atoms with E-state index in [-0.39, 0.29) is 18.3 Å². The Bertz CT molecular complexity index is 542. The Kier molecular flexibility index (Phi) is 4.74. The minimum Gasteiger partial charge on any atom is -0.491 e. The number of carbonyl (C=O) groups is 1. The van der Waals surface area contributed by atoms with Crippen LogP contribution in [0.25, 0.3) is 0 Å². The molecule has 0 aromatic heterocycles. The molecule has 21 heavy (non-hydrogen) atoms. The van der Waals surface area contributed by atoms with Crippen molar-refractivity contribution >= 4 is 11.7 Å². The molecule has 1 aliphatic rings. The number of carbonyl (C=O) groups excluding carboxylic acids is 1. The Morgan fingerprint density at radius 1 is 1.52 bits per heavy atom. The van der Waals surface area contributed by atoms with Gasteiger partial charge < -0.3 is 9.47 Å². The molecule has 0 radical (unpaired) electrons. The highest BCUT2D eigenvalue weighted by Gasteiger charge is 2.29. The predicted molar refractivity (Wildman–Crippen MR) is 75.3 cm³/mol. The van der Waals surface area contributed by atoms with Crippen molar-refractivity contribution in [3.05, 3.63) is 33.9 Å². The molecule has 0 heterocycles. The number of nitro groups is 1. The fourth-order valence-corrected chi connectivity index (χ4v) is 1.94. The highest BCUT2D eigenvalue weighted by atomic mass is 16.6. The van der Waals surface area contributed by atoms with Crippen molar-refractivity contribution in [1.29, 1.82) is 0 Å². The Morgan fingerprint density at radius 2 is 2.24 bits per heavy atom. The number of nitrogens with zero attached hydrogens (tertiary/aromatic N) is 1. The smallest absolute Gasteiger partial charge is 0.326 e. The molecular weight excluding hydrogens is 276 g/mol. The normalized spacial score (nSPS) is 15.3. The second-order valence-electron chi connectivity index (χ2n) is 5.03. The summed E-state index contributed by atoms with van der Waals surface area (Å²) in [4.78, 5) is 21.9. The van der Waals surface area contributed by atoms with E-state index in [9.17, 15) is 14.9 Å². The van der Waals surface area contributed by atoms with Crippen LogP contribution in [0.15, 0.2) is 18.2 Å². The van der Waals surface area contributed by atoms with Crippen LogP contribution in [-0.2, 0) is 9.53 Å². The van der Waals surface area contributed by atoms with Crippen molar-refractivity contribution in [3.63, 3.8) is 0 Å². The number of ether oxygens (including phenoxy) is 2. The van der Waals surface area contributed by atoms with Gasteiger partial charge in [-0.1, -0.05) is 0 Å². The standard InChI is InChI=1S/C14H18N2O5/c1-9-7-11(16(18)19)5-6-13(9)21-8-12(14(17)20-2)15-10-3-4-10/h5-7,10,12,15H,3-4,8H2,1-2H3. The van der Waals surface area contributed by atoms with E-state index in [1.165, 1.54) is 19.2 Å². The summed E-state index contributed by atoms with van der Waals surface area (Å²) in [5.41, 5.74) is 0.666. The maximum atomic E-state index is 11.7. The molecule has 114 valence electrons. The molecule has 7 nitrogen and oxygen atoms in total. The molecule has 0 spiro atoms. The van der Waals surface area contributed by atoms with Gasteiger partial charge in [-0.15, -0.1) is 0 Å². The van der Waals surface area contributed by atoms with E-state index in [1.807, 2.05) is 0 Å². The zero-order valence-corrected chi connectivity index (χ0v) is 12.0. The summed E-state index contributed by atoms with van der Waals surface area (Å²) in [6.07, 6.45) is 2.09. The fourth-order valence-electron chi connectivity index (χ4n) is 1.94. The highest BCUT2D eigenvalue weighted by molar-refractivity contribution is 5.76. The minimum atomic E-state index is -0.530. The molecule has 1 atom stereocenters. The van der Waals surface area contributed by atoms with Crippen molar-refractivity contribution in [2.75, 3.05) is 13.7 Å². The summed E-state index contributed by atoms with van der Waals surface area (Å²) in [6.45, 7) is 1.85. The van der Waals surface area contributed by atoms with Gasteiger partial charge in [-0.05, 0) is 31.4 Å². The van der Waals surface area contributed by atoms with Crippen LogP contribution in [0.4, 0.5) is 5.69 Å². The van der Waals surface area contributed by atoms with Crippen LogP contribution >= 0.6 is 0 Å². The van der Waals surface area contributed by atoms with Crippen molar-refractivity contribution in [2.24, 2.45) is 0 Å². The van der Waals surface area contributed by atoms with Gasteiger partial charge in [-0.3, -0.25) is 20.2 Å². The quantitative estimate of drug-likeness (QED) is 0.466. The van der Waals surface area contributed by atoms with E-state index in [4.69, 9.17) is 9.47 Å². The predicted octanol–water partition coefficient (Wildman–Crippen LogP) is 1.58. The number of methoxy groups -OCH3 is 1. The lowest BCUT2D eigenvalue weighted by molar-refractivity contribution is -0.384. The lowest BCUT2D eigenvalue weighted by Gasteiger charge is -2.17. The van der Waals surface area contributed by atoms with Gasteiger partial charge in [-0.25, -0.2) is 0 Å². The molecule has 1 aliphatic carbocycles. The van der Waals surface area contributed by atoms with E-state index in [1.54, 1.807) is 13.0 Å². The molecule has 1 saturated carbocycles. The van der Waals surface area contributed by atoms with E-state index >= 15 is 0 Å². The third-order valence-electron chi connectivity index (χ3n) is 3.27. The Balaban J connectivity index is 1.99. The molecule has 2 rings (SSSR count). The number of benzene rings is 1. The van der Waals surface area contributed by atoms with Gasteiger partial charge in [0.05, 0.1) is 12.0 Å². The Hall–Kier alpha value is -2.15. The number of esters is 1. The zero-order chi connectivity index (χ0) is 15.4. The van der Waals surface area contributed by atoms with Gasteiger partial charge in [0.1, 0.15) is 18.4 Å². The van der Waals surface area contributed by atoms with Crippen molar-refractivity contribution in [2.45, 2.75) is 31.8 Å².